The first-order valence-electron chi connectivity index (χ1n) is 10.6. The number of esters is 1. The third-order valence-electron chi connectivity index (χ3n) is 5.25. The smallest absolute Gasteiger partial charge is 0.308 e. The van der Waals surface area contributed by atoms with Crippen molar-refractivity contribution in [3.8, 4) is 11.5 Å². The molecule has 1 atom stereocenters. The van der Waals surface area contributed by atoms with Crippen LogP contribution < -0.4 is 20.1 Å². The van der Waals surface area contributed by atoms with Gasteiger partial charge in [-0.05, 0) is 57.7 Å². The molecule has 0 bridgehead atoms. The molecule has 0 spiro atoms. The number of aliphatic hydroxyl groups is 1. The van der Waals surface area contributed by atoms with Crippen molar-refractivity contribution in [3.05, 3.63) is 23.8 Å². The van der Waals surface area contributed by atoms with Gasteiger partial charge in [-0.2, -0.15) is 0 Å². The zero-order valence-corrected chi connectivity index (χ0v) is 21.2. The minimum atomic E-state index is -0.829. The van der Waals surface area contributed by atoms with E-state index in [4.69, 9.17) is 14.2 Å². The Morgan fingerprint density at radius 1 is 1.19 bits per heavy atom. The Kier molecular flexibility index (Phi) is 12.6. The average Bonchev–Trinajstić information content (AvgIpc) is 2.77. The fourth-order valence-electron chi connectivity index (χ4n) is 3.62. The van der Waals surface area contributed by atoms with Gasteiger partial charge in [0.05, 0.1) is 33.3 Å². The average molecular weight is 549 g/mol. The van der Waals surface area contributed by atoms with Gasteiger partial charge in [-0.3, -0.25) is 9.79 Å². The van der Waals surface area contributed by atoms with E-state index in [1.54, 1.807) is 32.4 Å². The number of halogens is 1. The van der Waals surface area contributed by atoms with Crippen LogP contribution >= 0.6 is 24.0 Å². The number of carbonyl (C=O) groups is 1. The molecule has 1 fully saturated rings. The van der Waals surface area contributed by atoms with Crippen LogP contribution in [0.25, 0.3) is 0 Å². The number of nitrogens with zero attached hydrogens (tertiary/aromatic N) is 1. The molecule has 0 radical (unpaired) electrons. The Morgan fingerprint density at radius 2 is 1.90 bits per heavy atom. The summed E-state index contributed by atoms with van der Waals surface area (Å²) < 4.78 is 15.7. The lowest BCUT2D eigenvalue weighted by Gasteiger charge is -2.29. The number of methoxy groups -OCH3 is 2. The number of benzene rings is 1. The summed E-state index contributed by atoms with van der Waals surface area (Å²) in [5.41, 5.74) is 0.631. The molecule has 0 aliphatic heterocycles. The number of hydrogen-bond acceptors (Lipinski definition) is 6. The zero-order valence-electron chi connectivity index (χ0n) is 18.8. The van der Waals surface area contributed by atoms with Crippen LogP contribution in [-0.4, -0.2) is 57.0 Å². The van der Waals surface area contributed by atoms with Crippen molar-refractivity contribution in [1.82, 2.24) is 10.6 Å². The summed E-state index contributed by atoms with van der Waals surface area (Å²) in [6.45, 7) is 5.14. The second-order valence-electron chi connectivity index (χ2n) is 7.29. The molecule has 1 aliphatic rings. The van der Waals surface area contributed by atoms with Crippen molar-refractivity contribution in [3.63, 3.8) is 0 Å². The number of aliphatic hydroxyl groups excluding tert-OH is 1. The van der Waals surface area contributed by atoms with Gasteiger partial charge in [0.15, 0.2) is 5.96 Å². The first-order chi connectivity index (χ1) is 14.5. The van der Waals surface area contributed by atoms with Gasteiger partial charge < -0.3 is 30.0 Å². The summed E-state index contributed by atoms with van der Waals surface area (Å²) >= 11 is 0. The van der Waals surface area contributed by atoms with E-state index < -0.39 is 6.10 Å². The van der Waals surface area contributed by atoms with Crippen LogP contribution in [0.15, 0.2) is 23.2 Å². The summed E-state index contributed by atoms with van der Waals surface area (Å²) in [4.78, 5) is 16.5. The van der Waals surface area contributed by atoms with Gasteiger partial charge in [0, 0.05) is 18.2 Å². The molecule has 9 heteroatoms. The third kappa shape index (κ3) is 8.36. The normalized spacial score (nSPS) is 19.6. The zero-order chi connectivity index (χ0) is 21.9. The standard InChI is InChI=1S/C22H35N3O5.HI/c1-5-23-22(25-16-9-7-15(8-10-16)21(27)30-6-2)24-14-19(26)18-13-17(28-3)11-12-20(18)29-4;/h11-13,15-16,19,26H,5-10,14H2,1-4H3,(H2,23,24,25);1H. The Labute approximate surface area is 202 Å². The van der Waals surface area contributed by atoms with Crippen molar-refractivity contribution >= 4 is 35.9 Å². The Hall–Kier alpha value is -1.75. The topological polar surface area (TPSA) is 101 Å². The monoisotopic (exact) mass is 549 g/mol. The molecule has 1 aliphatic carbocycles. The minimum Gasteiger partial charge on any atom is -0.497 e. The van der Waals surface area contributed by atoms with Gasteiger partial charge in [-0.25, -0.2) is 0 Å². The SMILES string of the molecule is CCNC(=NCC(O)c1cc(OC)ccc1OC)NC1CCC(C(=O)OCC)CC1.I. The molecule has 1 aromatic carbocycles. The van der Waals surface area contributed by atoms with E-state index in [2.05, 4.69) is 15.6 Å². The summed E-state index contributed by atoms with van der Waals surface area (Å²) in [7, 11) is 3.15. The highest BCUT2D eigenvalue weighted by molar-refractivity contribution is 14.0. The van der Waals surface area contributed by atoms with Gasteiger partial charge in [-0.15, -0.1) is 24.0 Å². The lowest BCUT2D eigenvalue weighted by molar-refractivity contribution is -0.149. The van der Waals surface area contributed by atoms with Gasteiger partial charge >= 0.3 is 5.97 Å². The van der Waals surface area contributed by atoms with E-state index in [-0.39, 0.29) is 48.5 Å². The second kappa shape index (κ2) is 14.3. The molecule has 1 saturated carbocycles. The summed E-state index contributed by atoms with van der Waals surface area (Å²) in [5, 5.41) is 17.3. The van der Waals surface area contributed by atoms with Gasteiger partial charge in [0.25, 0.3) is 0 Å². The van der Waals surface area contributed by atoms with Crippen molar-refractivity contribution in [1.29, 1.82) is 0 Å². The summed E-state index contributed by atoms with van der Waals surface area (Å²) in [6, 6.07) is 5.55. The molecule has 31 heavy (non-hydrogen) atoms. The molecule has 1 unspecified atom stereocenters. The fourth-order valence-corrected chi connectivity index (χ4v) is 3.62. The van der Waals surface area contributed by atoms with E-state index in [1.807, 2.05) is 13.8 Å². The molecule has 1 aromatic rings. The molecule has 0 aromatic heterocycles. The van der Waals surface area contributed by atoms with Gasteiger partial charge in [0.2, 0.25) is 0 Å². The molecule has 0 amide bonds. The largest absolute Gasteiger partial charge is 0.497 e. The van der Waals surface area contributed by atoms with Crippen LogP contribution in [-0.2, 0) is 9.53 Å². The lowest BCUT2D eigenvalue weighted by atomic mass is 9.86. The van der Waals surface area contributed by atoms with Crippen LogP contribution in [0.5, 0.6) is 11.5 Å². The number of ether oxygens (including phenoxy) is 3. The van der Waals surface area contributed by atoms with E-state index in [0.717, 1.165) is 25.7 Å². The maximum Gasteiger partial charge on any atom is 0.308 e. The molecule has 0 saturated heterocycles. The quantitative estimate of drug-likeness (QED) is 0.189. The highest BCUT2D eigenvalue weighted by Gasteiger charge is 2.27. The Balaban J connectivity index is 0.00000480. The molecule has 2 rings (SSSR count). The van der Waals surface area contributed by atoms with Crippen molar-refractivity contribution in [2.45, 2.75) is 51.7 Å². The number of carbonyl (C=O) groups excluding carboxylic acids is 1. The third-order valence-corrected chi connectivity index (χ3v) is 5.25. The molecule has 176 valence electrons. The van der Waals surface area contributed by atoms with Crippen LogP contribution in [0.2, 0.25) is 0 Å². The summed E-state index contributed by atoms with van der Waals surface area (Å²) in [5.74, 6) is 1.79. The number of nitrogens with one attached hydrogen (secondary N) is 2. The van der Waals surface area contributed by atoms with E-state index in [1.165, 1.54) is 0 Å². The number of guanidine groups is 1. The van der Waals surface area contributed by atoms with Gasteiger partial charge in [-0.1, -0.05) is 0 Å². The number of hydrogen-bond donors (Lipinski definition) is 3. The molecular formula is C22H36IN3O5. The second-order valence-corrected chi connectivity index (χ2v) is 7.29. The van der Waals surface area contributed by atoms with Crippen molar-refractivity contribution < 1.29 is 24.1 Å². The summed E-state index contributed by atoms with van der Waals surface area (Å²) in [6.07, 6.45) is 2.53. The van der Waals surface area contributed by atoms with Crippen LogP contribution in [0.1, 0.15) is 51.2 Å². The van der Waals surface area contributed by atoms with E-state index in [0.29, 0.717) is 36.2 Å². The van der Waals surface area contributed by atoms with Crippen LogP contribution in [0.4, 0.5) is 0 Å². The predicted octanol–water partition coefficient (Wildman–Crippen LogP) is 3.03. The molecule has 0 heterocycles. The van der Waals surface area contributed by atoms with E-state index >= 15 is 0 Å². The first kappa shape index (κ1) is 27.3. The predicted molar refractivity (Wildman–Crippen MR) is 131 cm³/mol. The van der Waals surface area contributed by atoms with Crippen LogP contribution in [0, 0.1) is 5.92 Å². The Morgan fingerprint density at radius 3 is 2.48 bits per heavy atom. The van der Waals surface area contributed by atoms with E-state index in [9.17, 15) is 9.90 Å². The highest BCUT2D eigenvalue weighted by Crippen LogP contribution is 2.29. The Bertz CT molecular complexity index is 708. The van der Waals surface area contributed by atoms with Crippen molar-refractivity contribution in [2.75, 3.05) is 33.9 Å². The maximum absolute atomic E-state index is 11.9. The maximum atomic E-state index is 11.9. The first-order valence-corrected chi connectivity index (χ1v) is 10.6. The molecule has 8 nitrogen and oxygen atoms in total. The molecular weight excluding hydrogens is 513 g/mol. The van der Waals surface area contributed by atoms with Gasteiger partial charge in [0.1, 0.15) is 17.6 Å². The fraction of sp³-hybridized carbons (Fsp3) is 0.636. The van der Waals surface area contributed by atoms with Crippen LogP contribution in [0.3, 0.4) is 0 Å². The number of aliphatic imine (C=N–C) groups is 1. The highest BCUT2D eigenvalue weighted by atomic mass is 127. The minimum absolute atomic E-state index is 0. The molecule has 3 N–H and O–H groups in total. The lowest BCUT2D eigenvalue weighted by Crippen LogP contribution is -2.45. The van der Waals surface area contributed by atoms with Crippen molar-refractivity contribution in [2.24, 2.45) is 10.9 Å². The number of rotatable bonds is 9.